The molecule has 1 fully saturated rings. The number of amides is 1. The van der Waals surface area contributed by atoms with Crippen molar-refractivity contribution in [1.82, 2.24) is 4.98 Å². The van der Waals surface area contributed by atoms with E-state index in [0.29, 0.717) is 25.3 Å². The van der Waals surface area contributed by atoms with Crippen molar-refractivity contribution >= 4 is 17.6 Å². The van der Waals surface area contributed by atoms with Crippen molar-refractivity contribution in [3.63, 3.8) is 0 Å². The van der Waals surface area contributed by atoms with Gasteiger partial charge in [0.15, 0.2) is 5.69 Å². The fourth-order valence-electron chi connectivity index (χ4n) is 1.87. The standard InChI is InChI=1S/C12H14N2O3/c1-2-17-12(16)11-9(5-3-7-13-11)14-8-4-6-10(14)15/h3,5,7H,2,4,6,8H2,1H3. The lowest BCUT2D eigenvalue weighted by atomic mass is 10.2. The predicted molar refractivity (Wildman–Crippen MR) is 61.8 cm³/mol. The van der Waals surface area contributed by atoms with Crippen LogP contribution in [0.4, 0.5) is 5.69 Å². The van der Waals surface area contributed by atoms with Crippen molar-refractivity contribution in [2.75, 3.05) is 18.1 Å². The summed E-state index contributed by atoms with van der Waals surface area (Å²) >= 11 is 0. The van der Waals surface area contributed by atoms with E-state index in [9.17, 15) is 9.59 Å². The average Bonchev–Trinajstić information content (AvgIpc) is 2.76. The van der Waals surface area contributed by atoms with Crippen LogP contribution in [0, 0.1) is 0 Å². The lowest BCUT2D eigenvalue weighted by molar-refractivity contribution is -0.117. The molecule has 0 atom stereocenters. The Kier molecular flexibility index (Phi) is 3.37. The zero-order valence-electron chi connectivity index (χ0n) is 9.68. The number of esters is 1. The van der Waals surface area contributed by atoms with Gasteiger partial charge in [0.05, 0.1) is 12.3 Å². The molecule has 0 radical (unpaired) electrons. The number of hydrogen-bond donors (Lipinski definition) is 0. The number of pyridine rings is 1. The van der Waals surface area contributed by atoms with Crippen LogP contribution in [0.3, 0.4) is 0 Å². The van der Waals surface area contributed by atoms with Gasteiger partial charge in [0.1, 0.15) is 0 Å². The molecule has 1 saturated heterocycles. The monoisotopic (exact) mass is 234 g/mol. The smallest absolute Gasteiger partial charge is 0.359 e. The first-order valence-electron chi connectivity index (χ1n) is 5.66. The summed E-state index contributed by atoms with van der Waals surface area (Å²) in [7, 11) is 0. The van der Waals surface area contributed by atoms with Crippen LogP contribution in [-0.2, 0) is 9.53 Å². The van der Waals surface area contributed by atoms with Crippen LogP contribution >= 0.6 is 0 Å². The Morgan fingerprint density at radius 1 is 1.59 bits per heavy atom. The zero-order chi connectivity index (χ0) is 12.3. The first-order valence-corrected chi connectivity index (χ1v) is 5.66. The van der Waals surface area contributed by atoms with E-state index >= 15 is 0 Å². The fourth-order valence-corrected chi connectivity index (χ4v) is 1.87. The summed E-state index contributed by atoms with van der Waals surface area (Å²) in [4.78, 5) is 29.0. The number of anilines is 1. The Morgan fingerprint density at radius 2 is 2.41 bits per heavy atom. The SMILES string of the molecule is CCOC(=O)c1ncccc1N1CCCC1=O. The van der Waals surface area contributed by atoms with Gasteiger partial charge in [0, 0.05) is 19.2 Å². The van der Waals surface area contributed by atoms with Gasteiger partial charge in [-0.2, -0.15) is 0 Å². The molecule has 1 aromatic rings. The number of aromatic nitrogens is 1. The molecule has 0 unspecified atom stereocenters. The van der Waals surface area contributed by atoms with Crippen molar-refractivity contribution in [3.05, 3.63) is 24.0 Å². The molecular weight excluding hydrogens is 220 g/mol. The summed E-state index contributed by atoms with van der Waals surface area (Å²) in [6.45, 7) is 2.67. The van der Waals surface area contributed by atoms with Gasteiger partial charge in [0.2, 0.25) is 5.91 Å². The highest BCUT2D eigenvalue weighted by molar-refractivity contribution is 6.02. The number of hydrogen-bond acceptors (Lipinski definition) is 4. The zero-order valence-corrected chi connectivity index (χ0v) is 9.68. The third-order valence-electron chi connectivity index (χ3n) is 2.62. The minimum Gasteiger partial charge on any atom is -0.461 e. The fraction of sp³-hybridized carbons (Fsp3) is 0.417. The second-order valence-corrected chi connectivity index (χ2v) is 3.74. The molecule has 2 heterocycles. The number of carbonyl (C=O) groups is 2. The van der Waals surface area contributed by atoms with E-state index in [1.165, 1.54) is 6.20 Å². The van der Waals surface area contributed by atoms with Gasteiger partial charge < -0.3 is 9.64 Å². The summed E-state index contributed by atoms with van der Waals surface area (Å²) in [5, 5.41) is 0. The van der Waals surface area contributed by atoms with Gasteiger partial charge in [-0.25, -0.2) is 9.78 Å². The lowest BCUT2D eigenvalue weighted by Gasteiger charge is -2.17. The van der Waals surface area contributed by atoms with Crippen molar-refractivity contribution < 1.29 is 14.3 Å². The summed E-state index contributed by atoms with van der Waals surface area (Å²) in [5.41, 5.74) is 0.762. The first-order chi connectivity index (χ1) is 8.24. The highest BCUT2D eigenvalue weighted by atomic mass is 16.5. The molecule has 0 spiro atoms. The third-order valence-corrected chi connectivity index (χ3v) is 2.62. The maximum atomic E-state index is 11.7. The van der Waals surface area contributed by atoms with E-state index < -0.39 is 5.97 Å². The van der Waals surface area contributed by atoms with Crippen LogP contribution in [-0.4, -0.2) is 30.0 Å². The first kappa shape index (κ1) is 11.6. The molecule has 90 valence electrons. The quantitative estimate of drug-likeness (QED) is 0.741. The number of carbonyl (C=O) groups excluding carboxylic acids is 2. The van der Waals surface area contributed by atoms with Crippen molar-refractivity contribution in [2.45, 2.75) is 19.8 Å². The number of rotatable bonds is 3. The normalized spacial score (nSPS) is 15.1. The van der Waals surface area contributed by atoms with Gasteiger partial charge in [-0.1, -0.05) is 0 Å². The van der Waals surface area contributed by atoms with E-state index in [1.807, 2.05) is 0 Å². The molecule has 0 aromatic carbocycles. The van der Waals surface area contributed by atoms with E-state index in [-0.39, 0.29) is 11.6 Å². The summed E-state index contributed by atoms with van der Waals surface area (Å²) in [5.74, 6) is -0.452. The topological polar surface area (TPSA) is 59.5 Å². The van der Waals surface area contributed by atoms with Crippen LogP contribution < -0.4 is 4.90 Å². The van der Waals surface area contributed by atoms with Gasteiger partial charge >= 0.3 is 5.97 Å². The maximum Gasteiger partial charge on any atom is 0.359 e. The second-order valence-electron chi connectivity index (χ2n) is 3.74. The van der Waals surface area contributed by atoms with Gasteiger partial charge in [-0.05, 0) is 25.5 Å². The highest BCUT2D eigenvalue weighted by Gasteiger charge is 2.26. The number of ether oxygens (including phenoxy) is 1. The Bertz CT molecular complexity index is 445. The minimum absolute atomic E-state index is 0.0311. The largest absolute Gasteiger partial charge is 0.461 e. The molecule has 1 amide bonds. The molecule has 5 heteroatoms. The number of nitrogens with zero attached hydrogens (tertiary/aromatic N) is 2. The minimum atomic E-state index is -0.484. The molecule has 17 heavy (non-hydrogen) atoms. The molecule has 5 nitrogen and oxygen atoms in total. The molecule has 0 N–H and O–H groups in total. The molecule has 0 saturated carbocycles. The van der Waals surface area contributed by atoms with Gasteiger partial charge in [-0.15, -0.1) is 0 Å². The summed E-state index contributed by atoms with van der Waals surface area (Å²) in [6.07, 6.45) is 2.86. The second kappa shape index (κ2) is 4.95. The molecule has 0 aliphatic carbocycles. The Labute approximate surface area is 99.4 Å². The molecule has 2 rings (SSSR count). The molecule has 0 bridgehead atoms. The Morgan fingerprint density at radius 3 is 3.06 bits per heavy atom. The van der Waals surface area contributed by atoms with Crippen LogP contribution in [0.15, 0.2) is 18.3 Å². The third kappa shape index (κ3) is 2.27. The van der Waals surface area contributed by atoms with E-state index in [1.54, 1.807) is 24.0 Å². The van der Waals surface area contributed by atoms with Crippen molar-refractivity contribution in [1.29, 1.82) is 0 Å². The average molecular weight is 234 g/mol. The molecule has 1 aliphatic heterocycles. The van der Waals surface area contributed by atoms with Crippen molar-refractivity contribution in [3.8, 4) is 0 Å². The summed E-state index contributed by atoms with van der Waals surface area (Å²) < 4.78 is 4.92. The molecule has 1 aliphatic rings. The summed E-state index contributed by atoms with van der Waals surface area (Å²) in [6, 6.07) is 3.44. The maximum absolute atomic E-state index is 11.7. The predicted octanol–water partition coefficient (Wildman–Crippen LogP) is 1.39. The molecule has 1 aromatic heterocycles. The van der Waals surface area contributed by atoms with E-state index in [2.05, 4.69) is 4.98 Å². The van der Waals surface area contributed by atoms with E-state index in [4.69, 9.17) is 4.74 Å². The van der Waals surface area contributed by atoms with Gasteiger partial charge in [0.25, 0.3) is 0 Å². The Hall–Kier alpha value is -1.91. The van der Waals surface area contributed by atoms with Crippen LogP contribution in [0.1, 0.15) is 30.3 Å². The Balaban J connectivity index is 2.33. The van der Waals surface area contributed by atoms with Crippen LogP contribution in [0.25, 0.3) is 0 Å². The molecular formula is C12H14N2O3. The van der Waals surface area contributed by atoms with Crippen LogP contribution in [0.2, 0.25) is 0 Å². The van der Waals surface area contributed by atoms with Crippen LogP contribution in [0.5, 0.6) is 0 Å². The van der Waals surface area contributed by atoms with E-state index in [0.717, 1.165) is 6.42 Å². The lowest BCUT2D eigenvalue weighted by Crippen LogP contribution is -2.26. The van der Waals surface area contributed by atoms with Crippen molar-refractivity contribution in [2.24, 2.45) is 0 Å². The van der Waals surface area contributed by atoms with Gasteiger partial charge in [-0.3, -0.25) is 4.79 Å². The highest BCUT2D eigenvalue weighted by Crippen LogP contribution is 2.24.